The molecule has 0 aliphatic rings. The Hall–Kier alpha value is -3.58. The van der Waals surface area contributed by atoms with Crippen LogP contribution in [0.2, 0.25) is 0 Å². The number of nitro benzene ring substituents is 2. The Kier molecular flexibility index (Phi) is 14.4. The van der Waals surface area contributed by atoms with E-state index in [1.54, 1.807) is 0 Å². The summed E-state index contributed by atoms with van der Waals surface area (Å²) in [6.07, 6.45) is 0. The molecule has 0 saturated heterocycles. The second-order valence-corrected chi connectivity index (χ2v) is 5.42. The van der Waals surface area contributed by atoms with Gasteiger partial charge in [0.2, 0.25) is 0 Å². The first-order valence-corrected chi connectivity index (χ1v) is 8.61. The van der Waals surface area contributed by atoms with Crippen LogP contribution in [0.1, 0.15) is 0 Å². The van der Waals surface area contributed by atoms with Crippen LogP contribution < -0.4 is 0 Å². The third kappa shape index (κ3) is 11.9. The molecule has 0 radical (unpaired) electrons. The molecule has 0 aliphatic heterocycles. The number of hydrogen-bond donors (Lipinski definition) is 2. The van der Waals surface area contributed by atoms with Gasteiger partial charge in [-0.25, -0.2) is 24.3 Å². The van der Waals surface area contributed by atoms with Crippen molar-refractivity contribution in [3.8, 4) is 11.5 Å². The summed E-state index contributed by atoms with van der Waals surface area (Å²) in [5.41, 5.74) is -0.523. The second-order valence-electron chi connectivity index (χ2n) is 5.42. The fraction of sp³-hybridized carbons (Fsp3) is 0. The maximum absolute atomic E-state index is 10.1. The van der Waals surface area contributed by atoms with E-state index in [2.05, 4.69) is 0 Å². The normalized spacial score (nSPS) is 8.52. The van der Waals surface area contributed by atoms with E-state index in [0.29, 0.717) is 0 Å². The van der Waals surface area contributed by atoms with Gasteiger partial charge in [0.05, 0.1) is 9.85 Å². The molecule has 158 valence electrons. The van der Waals surface area contributed by atoms with E-state index in [-0.39, 0.29) is 49.1 Å². The average molecular weight is 500 g/mol. The summed E-state index contributed by atoms with van der Waals surface area (Å²) < 4.78 is 0. The molecule has 0 aliphatic carbocycles. The number of aromatic hydroxyl groups is 2. The second kappa shape index (κ2) is 16.2. The summed E-state index contributed by atoms with van der Waals surface area (Å²) in [6, 6.07) is 31.1. The van der Waals surface area contributed by atoms with Crippen molar-refractivity contribution < 1.29 is 46.3 Å². The number of nitrogens with zero attached hydrogens (tertiary/aromatic N) is 2. The Bertz CT molecular complexity index is 873. The Morgan fingerprint density at radius 2 is 0.871 bits per heavy atom. The molecule has 8 nitrogen and oxygen atoms in total. The van der Waals surface area contributed by atoms with Gasteiger partial charge in [0.25, 0.3) is 0 Å². The third-order valence-electron chi connectivity index (χ3n) is 3.27. The van der Waals surface area contributed by atoms with E-state index in [4.69, 9.17) is 10.2 Å². The van der Waals surface area contributed by atoms with Gasteiger partial charge in [-0.05, 0) is 12.1 Å². The minimum Gasteiger partial charge on any atom is -0.502 e. The van der Waals surface area contributed by atoms with Crippen LogP contribution in [0.4, 0.5) is 11.4 Å². The molecule has 31 heavy (non-hydrogen) atoms. The Morgan fingerprint density at radius 1 is 0.581 bits per heavy atom. The third-order valence-corrected chi connectivity index (χ3v) is 3.27. The molecule has 0 unspecified atom stereocenters. The van der Waals surface area contributed by atoms with Crippen LogP contribution in [0, 0.1) is 20.2 Å². The Balaban J connectivity index is 0.000000401. The molecular formula is C22H20N2O6Zr. The van der Waals surface area contributed by atoms with Gasteiger partial charge in [-0.1, -0.05) is 24.3 Å². The summed E-state index contributed by atoms with van der Waals surface area (Å²) in [6.45, 7) is 0. The summed E-state index contributed by atoms with van der Waals surface area (Å²) >= 11 is 0. The van der Waals surface area contributed by atoms with Gasteiger partial charge in [-0.3, -0.25) is 20.2 Å². The van der Waals surface area contributed by atoms with Crippen LogP contribution >= 0.6 is 0 Å². The average Bonchev–Trinajstić information content (AvgIpc) is 3.47. The zero-order chi connectivity index (χ0) is 22.2. The predicted octanol–water partition coefficient (Wildman–Crippen LogP) is 5.41. The number of nitro groups is 2. The summed E-state index contributed by atoms with van der Waals surface area (Å²) in [7, 11) is 0. The first-order chi connectivity index (χ1) is 14.4. The van der Waals surface area contributed by atoms with Crippen molar-refractivity contribution in [3.63, 3.8) is 0 Å². The smallest absolute Gasteiger partial charge is 0.502 e. The van der Waals surface area contributed by atoms with Crippen LogP contribution in [0.3, 0.4) is 0 Å². The topological polar surface area (TPSA) is 127 Å². The molecule has 4 aromatic carbocycles. The van der Waals surface area contributed by atoms with E-state index in [1.807, 2.05) is 60.7 Å². The number of rotatable bonds is 2. The van der Waals surface area contributed by atoms with Gasteiger partial charge in [0.1, 0.15) is 0 Å². The molecule has 9 heteroatoms. The molecular weight excluding hydrogens is 479 g/mol. The zero-order valence-electron chi connectivity index (χ0n) is 16.3. The van der Waals surface area contributed by atoms with Gasteiger partial charge in [-0.2, -0.15) is 36.4 Å². The van der Waals surface area contributed by atoms with Gasteiger partial charge in [-0.15, -0.1) is 0 Å². The van der Waals surface area contributed by atoms with E-state index in [9.17, 15) is 20.2 Å². The minimum atomic E-state index is -0.630. The van der Waals surface area contributed by atoms with Crippen molar-refractivity contribution >= 4 is 11.4 Å². The van der Waals surface area contributed by atoms with Crippen molar-refractivity contribution in [2.45, 2.75) is 0 Å². The monoisotopic (exact) mass is 498 g/mol. The van der Waals surface area contributed by atoms with Crippen LogP contribution in [0.25, 0.3) is 0 Å². The largest absolute Gasteiger partial charge is 2.00 e. The zero-order valence-corrected chi connectivity index (χ0v) is 18.8. The molecule has 4 aromatic rings. The van der Waals surface area contributed by atoms with Gasteiger partial charge >= 0.3 is 37.6 Å². The van der Waals surface area contributed by atoms with Crippen molar-refractivity contribution in [3.05, 3.63) is 129 Å². The number of phenols is 2. The number of hydrogen-bond acceptors (Lipinski definition) is 6. The molecule has 0 fully saturated rings. The SMILES string of the molecule is O=[N+]([O-])c1ccccc1O.O=[N+]([O-])c1ccccc1O.[Zr+2].c1cc[cH-]c1.c1cc[cH-]c1. The van der Waals surface area contributed by atoms with Crippen molar-refractivity contribution in [1.82, 2.24) is 0 Å². The first kappa shape index (κ1) is 27.4. The molecule has 0 bridgehead atoms. The number of benzene rings is 2. The number of para-hydroxylation sites is 4. The quantitative estimate of drug-likeness (QED) is 0.216. The minimum absolute atomic E-state index is 0. The van der Waals surface area contributed by atoms with E-state index in [0.717, 1.165) is 0 Å². The van der Waals surface area contributed by atoms with Crippen LogP contribution in [-0.2, 0) is 26.2 Å². The van der Waals surface area contributed by atoms with Crippen LogP contribution in [0.5, 0.6) is 11.5 Å². The maximum Gasteiger partial charge on any atom is 2.00 e. The van der Waals surface area contributed by atoms with E-state index in [1.165, 1.54) is 48.5 Å². The summed E-state index contributed by atoms with van der Waals surface area (Å²) in [5, 5.41) is 37.8. The number of phenolic OH excluding ortho intramolecular Hbond substituents is 2. The molecule has 4 rings (SSSR count). The van der Waals surface area contributed by atoms with E-state index < -0.39 is 9.85 Å². The predicted molar refractivity (Wildman–Crippen MR) is 114 cm³/mol. The Labute approximate surface area is 198 Å². The van der Waals surface area contributed by atoms with Crippen molar-refractivity contribution in [2.24, 2.45) is 0 Å². The molecule has 0 saturated carbocycles. The van der Waals surface area contributed by atoms with Gasteiger partial charge in [0.15, 0.2) is 11.5 Å². The maximum atomic E-state index is 10.1. The van der Waals surface area contributed by atoms with Gasteiger partial charge in [0, 0.05) is 12.1 Å². The van der Waals surface area contributed by atoms with Crippen molar-refractivity contribution in [2.75, 3.05) is 0 Å². The summed E-state index contributed by atoms with van der Waals surface area (Å²) in [5.74, 6) is -0.597. The summed E-state index contributed by atoms with van der Waals surface area (Å²) in [4.78, 5) is 18.9. The molecule has 0 spiro atoms. The van der Waals surface area contributed by atoms with Crippen LogP contribution in [0.15, 0.2) is 109 Å². The molecule has 0 aromatic heterocycles. The van der Waals surface area contributed by atoms with Crippen LogP contribution in [-0.4, -0.2) is 20.1 Å². The molecule has 0 heterocycles. The molecule has 2 N–H and O–H groups in total. The molecule has 0 atom stereocenters. The fourth-order valence-corrected chi connectivity index (χ4v) is 1.88. The van der Waals surface area contributed by atoms with Crippen molar-refractivity contribution in [1.29, 1.82) is 0 Å². The Morgan fingerprint density at radius 3 is 1.03 bits per heavy atom. The van der Waals surface area contributed by atoms with E-state index >= 15 is 0 Å². The fourth-order valence-electron chi connectivity index (χ4n) is 1.88. The molecule has 0 amide bonds. The van der Waals surface area contributed by atoms with Gasteiger partial charge < -0.3 is 10.2 Å². The standard InChI is InChI=1S/2C6H5NO3.2C5H5.Zr/c2*8-6-4-2-1-3-5(6)7(9)10;2*1-2-4-5-3-1;/h2*1-4,8H;2*1-5H;/q;;2*-1;+2. The first-order valence-electron chi connectivity index (χ1n) is 8.61.